The van der Waals surface area contributed by atoms with Crippen molar-refractivity contribution in [2.45, 2.75) is 37.8 Å². The number of hydrogen-bond donors (Lipinski definition) is 2. The summed E-state index contributed by atoms with van der Waals surface area (Å²) in [4.78, 5) is 0. The van der Waals surface area contributed by atoms with Gasteiger partial charge in [0.2, 0.25) is 0 Å². The van der Waals surface area contributed by atoms with Crippen LogP contribution in [0.25, 0.3) is 0 Å². The molecular formula is C13H18FNO. The van der Waals surface area contributed by atoms with Crippen LogP contribution in [0.15, 0.2) is 24.3 Å². The lowest BCUT2D eigenvalue weighted by atomic mass is 9.98. The first-order valence-electron chi connectivity index (χ1n) is 5.94. The second-order valence-electron chi connectivity index (χ2n) is 4.41. The molecule has 1 heterocycles. The molecule has 1 saturated heterocycles. The van der Waals surface area contributed by atoms with Crippen LogP contribution in [-0.2, 0) is 0 Å². The Labute approximate surface area is 95.5 Å². The summed E-state index contributed by atoms with van der Waals surface area (Å²) in [5, 5.41) is 13.5. The van der Waals surface area contributed by atoms with Crippen molar-refractivity contribution in [2.75, 3.05) is 6.54 Å². The Hall–Kier alpha value is -0.930. The molecule has 0 bridgehead atoms. The van der Waals surface area contributed by atoms with Gasteiger partial charge in [0.15, 0.2) is 0 Å². The molecule has 1 aromatic carbocycles. The van der Waals surface area contributed by atoms with E-state index in [0.29, 0.717) is 0 Å². The first-order valence-corrected chi connectivity index (χ1v) is 5.94. The molecule has 2 unspecified atom stereocenters. The summed E-state index contributed by atoms with van der Waals surface area (Å²) < 4.78 is 12.8. The molecule has 88 valence electrons. The van der Waals surface area contributed by atoms with Crippen molar-refractivity contribution in [1.29, 1.82) is 0 Å². The maximum Gasteiger partial charge on any atom is 0.123 e. The minimum Gasteiger partial charge on any atom is -0.387 e. The van der Waals surface area contributed by atoms with Crippen LogP contribution in [-0.4, -0.2) is 17.7 Å². The highest BCUT2D eigenvalue weighted by atomic mass is 19.1. The van der Waals surface area contributed by atoms with Gasteiger partial charge >= 0.3 is 0 Å². The first-order chi connectivity index (χ1) is 7.77. The lowest BCUT2D eigenvalue weighted by Gasteiger charge is -2.22. The van der Waals surface area contributed by atoms with E-state index in [1.165, 1.54) is 25.0 Å². The Balaban J connectivity index is 2.04. The monoisotopic (exact) mass is 223 g/mol. The molecule has 1 aliphatic rings. The molecule has 0 saturated carbocycles. The molecule has 0 radical (unpaired) electrons. The highest BCUT2D eigenvalue weighted by Gasteiger charge is 2.21. The van der Waals surface area contributed by atoms with Crippen molar-refractivity contribution < 1.29 is 9.50 Å². The zero-order chi connectivity index (χ0) is 11.4. The van der Waals surface area contributed by atoms with E-state index in [-0.39, 0.29) is 11.9 Å². The van der Waals surface area contributed by atoms with Crippen molar-refractivity contribution in [1.82, 2.24) is 5.32 Å². The van der Waals surface area contributed by atoms with E-state index < -0.39 is 6.10 Å². The number of aliphatic hydroxyl groups is 1. The number of rotatable bonds is 2. The average Bonchev–Trinajstić information content (AvgIpc) is 2.57. The summed E-state index contributed by atoms with van der Waals surface area (Å²) in [6, 6.07) is 6.22. The summed E-state index contributed by atoms with van der Waals surface area (Å²) >= 11 is 0. The number of aliphatic hydroxyl groups excluding tert-OH is 1. The maximum absolute atomic E-state index is 12.8. The smallest absolute Gasteiger partial charge is 0.123 e. The maximum atomic E-state index is 12.8. The minimum absolute atomic E-state index is 0.105. The molecule has 0 spiro atoms. The number of hydrogen-bond acceptors (Lipinski definition) is 2. The van der Waals surface area contributed by atoms with Gasteiger partial charge in [-0.2, -0.15) is 0 Å². The second-order valence-corrected chi connectivity index (χ2v) is 4.41. The quantitative estimate of drug-likeness (QED) is 0.807. The minimum atomic E-state index is -0.529. The van der Waals surface area contributed by atoms with Crippen molar-refractivity contribution in [2.24, 2.45) is 0 Å². The van der Waals surface area contributed by atoms with Gasteiger partial charge in [-0.1, -0.05) is 25.0 Å². The van der Waals surface area contributed by atoms with Crippen LogP contribution in [0.1, 0.15) is 37.4 Å². The van der Waals surface area contributed by atoms with E-state index in [4.69, 9.17) is 0 Å². The molecule has 0 amide bonds. The summed E-state index contributed by atoms with van der Waals surface area (Å²) in [6.07, 6.45) is 4.00. The lowest BCUT2D eigenvalue weighted by Crippen LogP contribution is -2.34. The van der Waals surface area contributed by atoms with Gasteiger partial charge in [0, 0.05) is 6.04 Å². The topological polar surface area (TPSA) is 32.3 Å². The van der Waals surface area contributed by atoms with Crippen molar-refractivity contribution in [3.63, 3.8) is 0 Å². The number of nitrogens with one attached hydrogen (secondary N) is 1. The molecule has 2 rings (SSSR count). The Morgan fingerprint density at radius 3 is 2.69 bits per heavy atom. The third-order valence-corrected chi connectivity index (χ3v) is 3.19. The fourth-order valence-corrected chi connectivity index (χ4v) is 2.22. The SMILES string of the molecule is OC(c1ccc(F)cc1)C1CCCCCN1. The predicted molar refractivity (Wildman–Crippen MR) is 61.6 cm³/mol. The molecule has 16 heavy (non-hydrogen) atoms. The molecular weight excluding hydrogens is 205 g/mol. The zero-order valence-corrected chi connectivity index (χ0v) is 9.32. The predicted octanol–water partition coefficient (Wildman–Crippen LogP) is 2.39. The largest absolute Gasteiger partial charge is 0.387 e. The van der Waals surface area contributed by atoms with E-state index in [2.05, 4.69) is 5.32 Å². The van der Waals surface area contributed by atoms with E-state index in [1.807, 2.05) is 0 Å². The van der Waals surface area contributed by atoms with Crippen LogP contribution in [0.2, 0.25) is 0 Å². The fraction of sp³-hybridized carbons (Fsp3) is 0.538. The van der Waals surface area contributed by atoms with E-state index in [1.54, 1.807) is 12.1 Å². The molecule has 2 atom stereocenters. The van der Waals surface area contributed by atoms with E-state index >= 15 is 0 Å². The molecule has 0 aromatic heterocycles. The summed E-state index contributed by atoms with van der Waals surface area (Å²) in [6.45, 7) is 0.961. The lowest BCUT2D eigenvalue weighted by molar-refractivity contribution is 0.126. The van der Waals surface area contributed by atoms with E-state index in [9.17, 15) is 9.50 Å². The van der Waals surface area contributed by atoms with Crippen molar-refractivity contribution in [3.8, 4) is 0 Å². The summed E-state index contributed by atoms with van der Waals surface area (Å²) in [5.41, 5.74) is 0.792. The molecule has 1 fully saturated rings. The Kier molecular flexibility index (Phi) is 3.91. The highest BCUT2D eigenvalue weighted by Crippen LogP contribution is 2.22. The highest BCUT2D eigenvalue weighted by molar-refractivity contribution is 5.20. The van der Waals surface area contributed by atoms with Crippen LogP contribution in [0.3, 0.4) is 0 Å². The number of benzene rings is 1. The van der Waals surface area contributed by atoms with Crippen molar-refractivity contribution in [3.05, 3.63) is 35.6 Å². The Morgan fingerprint density at radius 1 is 1.19 bits per heavy atom. The van der Waals surface area contributed by atoms with Crippen LogP contribution in [0.5, 0.6) is 0 Å². The van der Waals surface area contributed by atoms with Gasteiger partial charge in [-0.25, -0.2) is 4.39 Å². The second kappa shape index (κ2) is 5.41. The van der Waals surface area contributed by atoms with Gasteiger partial charge < -0.3 is 10.4 Å². The molecule has 1 aromatic rings. The fourth-order valence-electron chi connectivity index (χ4n) is 2.22. The van der Waals surface area contributed by atoms with Crippen LogP contribution >= 0.6 is 0 Å². The van der Waals surface area contributed by atoms with Crippen molar-refractivity contribution >= 4 is 0 Å². The molecule has 2 N–H and O–H groups in total. The van der Waals surface area contributed by atoms with Crippen LogP contribution < -0.4 is 5.32 Å². The van der Waals surface area contributed by atoms with Gasteiger partial charge in [-0.3, -0.25) is 0 Å². The third-order valence-electron chi connectivity index (χ3n) is 3.19. The average molecular weight is 223 g/mol. The van der Waals surface area contributed by atoms with Gasteiger partial charge in [0.25, 0.3) is 0 Å². The summed E-state index contributed by atoms with van der Waals surface area (Å²) in [7, 11) is 0. The van der Waals surface area contributed by atoms with E-state index in [0.717, 1.165) is 24.9 Å². The Morgan fingerprint density at radius 2 is 1.94 bits per heavy atom. The first kappa shape index (κ1) is 11.6. The number of halogens is 1. The van der Waals surface area contributed by atoms with Crippen LogP contribution in [0, 0.1) is 5.82 Å². The zero-order valence-electron chi connectivity index (χ0n) is 9.32. The normalized spacial score (nSPS) is 23.8. The van der Waals surface area contributed by atoms with Gasteiger partial charge in [0.05, 0.1) is 6.10 Å². The molecule has 1 aliphatic heterocycles. The van der Waals surface area contributed by atoms with Gasteiger partial charge in [0.1, 0.15) is 5.82 Å². The molecule has 0 aliphatic carbocycles. The van der Waals surface area contributed by atoms with Crippen LogP contribution in [0.4, 0.5) is 4.39 Å². The summed E-state index contributed by atoms with van der Waals surface area (Å²) in [5.74, 6) is -0.259. The van der Waals surface area contributed by atoms with Gasteiger partial charge in [-0.05, 0) is 37.1 Å². The molecule has 2 nitrogen and oxygen atoms in total. The third kappa shape index (κ3) is 2.80. The molecule has 3 heteroatoms. The standard InChI is InChI=1S/C13H18FNO/c14-11-7-5-10(6-8-11)13(16)12-4-2-1-3-9-15-12/h5-8,12-13,15-16H,1-4,9H2. The van der Waals surface area contributed by atoms with Gasteiger partial charge in [-0.15, -0.1) is 0 Å². The Bertz CT molecular complexity index is 317.